The first kappa shape index (κ1) is 21.3. The highest BCUT2D eigenvalue weighted by Gasteiger charge is 2.42. The smallest absolute Gasteiger partial charge is 0.217 e. The summed E-state index contributed by atoms with van der Waals surface area (Å²) in [4.78, 5) is 5.24. The number of nitrogens with zero attached hydrogens (tertiary/aromatic N) is 1. The molecule has 34 heavy (non-hydrogen) atoms. The minimum Gasteiger partial charge on any atom is -0.471 e. The van der Waals surface area contributed by atoms with Crippen molar-refractivity contribution in [2.75, 3.05) is 0 Å². The predicted octanol–water partition coefficient (Wildman–Crippen LogP) is 6.01. The van der Waals surface area contributed by atoms with Crippen LogP contribution in [-0.4, -0.2) is 12.0 Å². The minimum absolute atomic E-state index is 0.0938. The topological polar surface area (TPSA) is 21.6 Å². The lowest BCUT2D eigenvalue weighted by Gasteiger charge is -2.22. The van der Waals surface area contributed by atoms with Crippen molar-refractivity contribution in [1.29, 1.82) is 0 Å². The Morgan fingerprint density at radius 3 is 2.09 bits per heavy atom. The van der Waals surface area contributed by atoms with Gasteiger partial charge in [0.2, 0.25) is 5.90 Å². The van der Waals surface area contributed by atoms with Crippen LogP contribution in [0.15, 0.2) is 108 Å². The molecule has 1 aliphatic heterocycles. The van der Waals surface area contributed by atoms with E-state index in [9.17, 15) is 0 Å². The van der Waals surface area contributed by atoms with E-state index in [1.807, 2.05) is 0 Å². The van der Waals surface area contributed by atoms with Gasteiger partial charge in [0, 0.05) is 12.0 Å². The second-order valence-corrected chi connectivity index (χ2v) is 11.5. The van der Waals surface area contributed by atoms with Crippen molar-refractivity contribution in [3.8, 4) is 0 Å². The fourth-order valence-electron chi connectivity index (χ4n) is 5.31. The maximum Gasteiger partial charge on any atom is 0.217 e. The second kappa shape index (κ2) is 8.85. The highest BCUT2D eigenvalue weighted by molar-refractivity contribution is 7.80. The summed E-state index contributed by atoms with van der Waals surface area (Å²) < 4.78 is 6.61. The molecule has 0 radical (unpaired) electrons. The summed E-state index contributed by atoms with van der Waals surface area (Å²) in [5.41, 5.74) is 5.32. The van der Waals surface area contributed by atoms with Gasteiger partial charge < -0.3 is 4.74 Å². The van der Waals surface area contributed by atoms with E-state index in [-0.39, 0.29) is 12.1 Å². The second-order valence-electron chi connectivity index (χ2n) is 9.34. The van der Waals surface area contributed by atoms with Gasteiger partial charge in [-0.25, -0.2) is 4.99 Å². The summed E-state index contributed by atoms with van der Waals surface area (Å²) >= 11 is 0. The number of rotatable bonds is 5. The SMILES string of the molecule is CC(C)c1cccc2c1[C@H]1N=C(c3ccccc3P(c3ccccc3)c3ccccc3)O[C@H]1C2. The Kier molecular flexibility index (Phi) is 5.55. The lowest BCUT2D eigenvalue weighted by Crippen LogP contribution is -2.26. The van der Waals surface area contributed by atoms with E-state index in [2.05, 4.69) is 117 Å². The lowest BCUT2D eigenvalue weighted by atomic mass is 9.93. The molecular formula is C31H28NOP. The van der Waals surface area contributed by atoms with Gasteiger partial charge in [0.25, 0.3) is 0 Å². The van der Waals surface area contributed by atoms with Gasteiger partial charge in [0.15, 0.2) is 0 Å². The summed E-state index contributed by atoms with van der Waals surface area (Å²) in [6.45, 7) is 4.54. The molecule has 0 bridgehead atoms. The number of fused-ring (bicyclic) bond motifs is 3. The van der Waals surface area contributed by atoms with E-state index in [1.54, 1.807) is 0 Å². The Hall–Kier alpha value is -3.22. The van der Waals surface area contributed by atoms with Crippen LogP contribution in [0.3, 0.4) is 0 Å². The molecule has 4 aromatic carbocycles. The molecule has 2 aliphatic rings. The number of benzene rings is 4. The monoisotopic (exact) mass is 461 g/mol. The Morgan fingerprint density at radius 1 is 0.765 bits per heavy atom. The summed E-state index contributed by atoms with van der Waals surface area (Å²) in [5, 5.41) is 3.97. The first-order valence-corrected chi connectivity index (χ1v) is 13.4. The Balaban J connectivity index is 1.46. The van der Waals surface area contributed by atoms with Crippen LogP contribution in [0, 0.1) is 0 Å². The van der Waals surface area contributed by atoms with Crippen molar-refractivity contribution < 1.29 is 4.74 Å². The molecule has 2 atom stereocenters. The van der Waals surface area contributed by atoms with E-state index in [1.165, 1.54) is 32.6 Å². The van der Waals surface area contributed by atoms with Gasteiger partial charge in [-0.1, -0.05) is 111 Å². The molecule has 4 aromatic rings. The normalized spacial score (nSPS) is 18.5. The van der Waals surface area contributed by atoms with Crippen LogP contribution < -0.4 is 15.9 Å². The summed E-state index contributed by atoms with van der Waals surface area (Å²) in [6.07, 6.45) is 1.03. The molecule has 3 heteroatoms. The summed E-state index contributed by atoms with van der Waals surface area (Å²) in [6, 6.07) is 37.2. The average Bonchev–Trinajstić information content (AvgIpc) is 3.44. The molecule has 1 heterocycles. The first-order chi connectivity index (χ1) is 16.7. The average molecular weight is 462 g/mol. The van der Waals surface area contributed by atoms with Crippen molar-refractivity contribution in [1.82, 2.24) is 0 Å². The van der Waals surface area contributed by atoms with E-state index < -0.39 is 7.92 Å². The van der Waals surface area contributed by atoms with Gasteiger partial charge in [-0.05, 0) is 52.5 Å². The third-order valence-electron chi connectivity index (χ3n) is 6.84. The minimum atomic E-state index is -0.728. The van der Waals surface area contributed by atoms with Gasteiger partial charge >= 0.3 is 0 Å². The van der Waals surface area contributed by atoms with E-state index in [4.69, 9.17) is 9.73 Å². The molecule has 0 saturated carbocycles. The first-order valence-electron chi connectivity index (χ1n) is 12.1. The van der Waals surface area contributed by atoms with Crippen molar-refractivity contribution in [2.45, 2.75) is 38.3 Å². The van der Waals surface area contributed by atoms with Crippen LogP contribution in [0.1, 0.15) is 48.1 Å². The van der Waals surface area contributed by atoms with Crippen LogP contribution in [0.2, 0.25) is 0 Å². The highest BCUT2D eigenvalue weighted by Crippen LogP contribution is 2.45. The molecule has 0 N–H and O–H groups in total. The van der Waals surface area contributed by atoms with Crippen LogP contribution in [0.25, 0.3) is 0 Å². The molecule has 0 saturated heterocycles. The van der Waals surface area contributed by atoms with E-state index in [0.717, 1.165) is 17.9 Å². The van der Waals surface area contributed by atoms with E-state index in [0.29, 0.717) is 5.92 Å². The predicted molar refractivity (Wildman–Crippen MR) is 144 cm³/mol. The zero-order chi connectivity index (χ0) is 23.1. The number of ether oxygens (including phenoxy) is 1. The van der Waals surface area contributed by atoms with Crippen molar-refractivity contribution >= 4 is 29.7 Å². The Labute approximate surface area is 203 Å². The zero-order valence-electron chi connectivity index (χ0n) is 19.6. The Morgan fingerprint density at radius 2 is 1.41 bits per heavy atom. The van der Waals surface area contributed by atoms with Gasteiger partial charge in [0.1, 0.15) is 12.1 Å². The Bertz CT molecular complexity index is 1310. The number of hydrogen-bond donors (Lipinski definition) is 0. The van der Waals surface area contributed by atoms with Crippen molar-refractivity contribution in [3.05, 3.63) is 125 Å². The molecule has 168 valence electrons. The van der Waals surface area contributed by atoms with Crippen LogP contribution in [0.4, 0.5) is 0 Å². The van der Waals surface area contributed by atoms with Crippen molar-refractivity contribution in [2.24, 2.45) is 4.99 Å². The number of aliphatic imine (C=N–C) groups is 1. The van der Waals surface area contributed by atoms with Crippen LogP contribution in [0.5, 0.6) is 0 Å². The van der Waals surface area contributed by atoms with Gasteiger partial charge in [-0.15, -0.1) is 0 Å². The van der Waals surface area contributed by atoms with Gasteiger partial charge in [-0.3, -0.25) is 0 Å². The number of hydrogen-bond acceptors (Lipinski definition) is 2. The third kappa shape index (κ3) is 3.67. The maximum atomic E-state index is 6.61. The lowest BCUT2D eigenvalue weighted by molar-refractivity contribution is 0.206. The highest BCUT2D eigenvalue weighted by atomic mass is 31.1. The molecule has 0 amide bonds. The molecular weight excluding hydrogens is 433 g/mol. The fourth-order valence-corrected chi connectivity index (χ4v) is 7.75. The standard InChI is InChI=1S/C31H28NOP/c1-21(2)25-18-11-12-22-20-27-30(29(22)25)32-31(33-27)26-17-9-10-19-28(26)34(23-13-5-3-6-14-23)24-15-7-4-8-16-24/h3-19,21,27,30H,20H2,1-2H3/t27-,30-/m0/s1. The third-order valence-corrected chi connectivity index (χ3v) is 9.35. The zero-order valence-corrected chi connectivity index (χ0v) is 20.5. The van der Waals surface area contributed by atoms with Gasteiger partial charge in [-0.2, -0.15) is 0 Å². The van der Waals surface area contributed by atoms with Gasteiger partial charge in [0.05, 0.1) is 0 Å². The molecule has 2 nitrogen and oxygen atoms in total. The maximum absolute atomic E-state index is 6.61. The molecule has 6 rings (SSSR count). The van der Waals surface area contributed by atoms with Crippen LogP contribution >= 0.6 is 7.92 Å². The fraction of sp³-hybridized carbons (Fsp3) is 0.194. The van der Waals surface area contributed by atoms with Crippen LogP contribution in [-0.2, 0) is 11.2 Å². The molecule has 0 spiro atoms. The molecule has 1 aliphatic carbocycles. The molecule has 0 aromatic heterocycles. The van der Waals surface area contributed by atoms with E-state index >= 15 is 0 Å². The quantitative estimate of drug-likeness (QED) is 0.334. The molecule has 0 fully saturated rings. The molecule has 0 unspecified atom stereocenters. The summed E-state index contributed by atoms with van der Waals surface area (Å²) in [5.74, 6) is 1.28. The summed E-state index contributed by atoms with van der Waals surface area (Å²) in [7, 11) is -0.728. The largest absolute Gasteiger partial charge is 0.471 e. The van der Waals surface area contributed by atoms with Crippen molar-refractivity contribution in [3.63, 3.8) is 0 Å².